The van der Waals surface area contributed by atoms with Gasteiger partial charge in [0, 0.05) is 24.6 Å². The minimum absolute atomic E-state index is 0.110. The van der Waals surface area contributed by atoms with Crippen LogP contribution in [0.4, 0.5) is 13.2 Å². The smallest absolute Gasteiger partial charge is 0.335 e. The van der Waals surface area contributed by atoms with E-state index in [0.717, 1.165) is 31.2 Å². The molecule has 0 unspecified atom stereocenters. The first-order valence-electron chi connectivity index (χ1n) is 9.89. The summed E-state index contributed by atoms with van der Waals surface area (Å²) in [5.74, 6) is -1.32. The van der Waals surface area contributed by atoms with Crippen LogP contribution in [0, 0.1) is 5.41 Å². The molecule has 0 spiro atoms. The lowest BCUT2D eigenvalue weighted by molar-refractivity contribution is -0.159. The maximum atomic E-state index is 12.8. The molecule has 2 aromatic rings. The molecule has 3 rings (SSSR count). The van der Waals surface area contributed by atoms with Crippen molar-refractivity contribution in [3.8, 4) is 11.4 Å². The zero-order valence-electron chi connectivity index (χ0n) is 16.9. The van der Waals surface area contributed by atoms with Crippen LogP contribution in [-0.2, 0) is 17.5 Å². The fourth-order valence-corrected chi connectivity index (χ4v) is 2.98. The molecule has 29 heavy (non-hydrogen) atoms. The summed E-state index contributed by atoms with van der Waals surface area (Å²) in [6.45, 7) is 6.97. The summed E-state index contributed by atoms with van der Waals surface area (Å²) < 4.78 is 42.1. The van der Waals surface area contributed by atoms with Gasteiger partial charge in [0.05, 0.1) is 0 Å². The minimum Gasteiger partial charge on any atom is -0.335 e. The summed E-state index contributed by atoms with van der Waals surface area (Å²) in [5.41, 5.74) is 1.50. The topological polar surface area (TPSA) is 59.2 Å². The van der Waals surface area contributed by atoms with Gasteiger partial charge in [-0.2, -0.15) is 18.2 Å². The molecule has 0 N–H and O–H groups in total. The molecule has 0 aliphatic heterocycles. The van der Waals surface area contributed by atoms with E-state index in [-0.39, 0.29) is 17.1 Å². The molecular formula is C21H26F3N3O2. The van der Waals surface area contributed by atoms with Crippen LogP contribution in [0.25, 0.3) is 11.4 Å². The van der Waals surface area contributed by atoms with Gasteiger partial charge in [0.15, 0.2) is 0 Å². The van der Waals surface area contributed by atoms with Crippen LogP contribution in [0.1, 0.15) is 64.3 Å². The number of rotatable bonds is 8. The molecule has 1 heterocycles. The predicted molar refractivity (Wildman–Crippen MR) is 102 cm³/mol. The molecule has 1 aromatic carbocycles. The van der Waals surface area contributed by atoms with Crippen molar-refractivity contribution in [1.29, 1.82) is 0 Å². The summed E-state index contributed by atoms with van der Waals surface area (Å²) >= 11 is 0. The Hall–Kier alpha value is -2.38. The van der Waals surface area contributed by atoms with Crippen molar-refractivity contribution < 1.29 is 22.5 Å². The normalized spacial score (nSPS) is 14.8. The zero-order valence-corrected chi connectivity index (χ0v) is 16.9. The van der Waals surface area contributed by atoms with Crippen LogP contribution in [0.15, 0.2) is 28.8 Å². The third-order valence-electron chi connectivity index (χ3n) is 5.51. The van der Waals surface area contributed by atoms with E-state index >= 15 is 0 Å². The number of benzene rings is 1. The van der Waals surface area contributed by atoms with E-state index in [4.69, 9.17) is 0 Å². The van der Waals surface area contributed by atoms with Crippen molar-refractivity contribution in [2.75, 3.05) is 0 Å². The molecule has 0 radical (unpaired) electrons. The van der Waals surface area contributed by atoms with Gasteiger partial charge < -0.3 is 9.42 Å². The lowest BCUT2D eigenvalue weighted by Gasteiger charge is -2.26. The number of carbonyl (C=O) groups excluding carboxylic acids is 1. The van der Waals surface area contributed by atoms with Crippen LogP contribution in [0.5, 0.6) is 0 Å². The van der Waals surface area contributed by atoms with Gasteiger partial charge in [-0.05, 0) is 30.2 Å². The Balaban J connectivity index is 1.65. The van der Waals surface area contributed by atoms with Gasteiger partial charge in [-0.15, -0.1) is 0 Å². The fraction of sp³-hybridized carbons (Fsp3) is 0.571. The van der Waals surface area contributed by atoms with E-state index < -0.39 is 12.1 Å². The molecule has 0 atom stereocenters. The van der Waals surface area contributed by atoms with Crippen molar-refractivity contribution in [2.45, 2.75) is 71.6 Å². The number of alkyl halides is 3. The van der Waals surface area contributed by atoms with Crippen molar-refractivity contribution in [2.24, 2.45) is 5.41 Å². The highest BCUT2D eigenvalue weighted by atomic mass is 19.4. The second-order valence-electron chi connectivity index (χ2n) is 8.39. The molecule has 8 heteroatoms. The van der Waals surface area contributed by atoms with Crippen LogP contribution in [0.2, 0.25) is 0 Å². The van der Waals surface area contributed by atoms with Crippen molar-refractivity contribution in [3.05, 3.63) is 35.7 Å². The first kappa shape index (κ1) is 21.3. The molecule has 5 nitrogen and oxygen atoms in total. The molecule has 1 amide bonds. The molecular weight excluding hydrogens is 383 g/mol. The van der Waals surface area contributed by atoms with Crippen LogP contribution >= 0.6 is 0 Å². The van der Waals surface area contributed by atoms with Gasteiger partial charge >= 0.3 is 12.1 Å². The minimum atomic E-state index is -4.66. The monoisotopic (exact) mass is 409 g/mol. The molecule has 1 fully saturated rings. The molecule has 1 aliphatic carbocycles. The maximum Gasteiger partial charge on any atom is 0.471 e. The number of amides is 1. The second-order valence-corrected chi connectivity index (χ2v) is 8.39. The SMILES string of the molecule is CCC(C)(C)CCC(=O)N(Cc1ccc(-c2noc(C(F)(F)F)n2)cc1)C1CC1. The second kappa shape index (κ2) is 8.16. The molecule has 0 bridgehead atoms. The molecule has 158 valence electrons. The van der Waals surface area contributed by atoms with Gasteiger partial charge in [-0.1, -0.05) is 56.6 Å². The van der Waals surface area contributed by atoms with Crippen LogP contribution in [-0.4, -0.2) is 27.0 Å². The van der Waals surface area contributed by atoms with Crippen LogP contribution in [0.3, 0.4) is 0 Å². The summed E-state index contributed by atoms with van der Waals surface area (Å²) in [6.07, 6.45) is -0.226. The lowest BCUT2D eigenvalue weighted by Crippen LogP contribution is -2.33. The van der Waals surface area contributed by atoms with Crippen LogP contribution < -0.4 is 0 Å². The highest BCUT2D eigenvalue weighted by molar-refractivity contribution is 5.77. The maximum absolute atomic E-state index is 12.8. The van der Waals surface area contributed by atoms with Gasteiger partial charge in [-0.3, -0.25) is 4.79 Å². The Morgan fingerprint density at radius 3 is 2.38 bits per heavy atom. The average Bonchev–Trinajstić information content (AvgIpc) is 3.38. The van der Waals surface area contributed by atoms with E-state index in [2.05, 4.69) is 35.4 Å². The molecule has 1 aliphatic rings. The highest BCUT2D eigenvalue weighted by Gasteiger charge is 2.38. The predicted octanol–water partition coefficient (Wildman–Crippen LogP) is 5.46. The Morgan fingerprint density at radius 2 is 1.86 bits per heavy atom. The van der Waals surface area contributed by atoms with Crippen molar-refractivity contribution in [3.63, 3.8) is 0 Å². The highest BCUT2D eigenvalue weighted by Crippen LogP contribution is 2.32. The molecule has 1 saturated carbocycles. The first-order chi connectivity index (χ1) is 13.6. The first-order valence-corrected chi connectivity index (χ1v) is 9.89. The number of hydrogen-bond acceptors (Lipinski definition) is 4. The summed E-state index contributed by atoms with van der Waals surface area (Å²) in [4.78, 5) is 18.1. The van der Waals surface area contributed by atoms with Gasteiger partial charge in [0.25, 0.3) is 0 Å². The third-order valence-corrected chi connectivity index (χ3v) is 5.51. The number of nitrogens with zero attached hydrogens (tertiary/aromatic N) is 3. The van der Waals surface area contributed by atoms with E-state index in [1.807, 2.05) is 4.90 Å². The van der Waals surface area contributed by atoms with Gasteiger partial charge in [-0.25, -0.2) is 0 Å². The molecule has 0 saturated heterocycles. The zero-order chi connectivity index (χ0) is 21.2. The van der Waals surface area contributed by atoms with E-state index in [1.165, 1.54) is 0 Å². The Bertz CT molecular complexity index is 840. The number of halogens is 3. The Morgan fingerprint density at radius 1 is 1.21 bits per heavy atom. The van der Waals surface area contributed by atoms with E-state index in [9.17, 15) is 18.0 Å². The average molecular weight is 409 g/mol. The number of carbonyl (C=O) groups is 1. The Kier molecular flexibility index (Phi) is 6.00. The standard InChI is InChI=1S/C21H26F3N3O2/c1-4-20(2,3)12-11-17(28)27(16-9-10-16)13-14-5-7-15(8-6-14)18-25-19(29-26-18)21(22,23)24/h5-8,16H,4,9-13H2,1-3H3. The quantitative estimate of drug-likeness (QED) is 0.581. The van der Waals surface area contributed by atoms with Gasteiger partial charge in [0.1, 0.15) is 0 Å². The summed E-state index contributed by atoms with van der Waals surface area (Å²) in [7, 11) is 0. The number of aromatic nitrogens is 2. The summed E-state index contributed by atoms with van der Waals surface area (Å²) in [5, 5.41) is 3.39. The number of hydrogen-bond donors (Lipinski definition) is 0. The Labute approximate surface area is 168 Å². The van der Waals surface area contributed by atoms with E-state index in [0.29, 0.717) is 24.6 Å². The largest absolute Gasteiger partial charge is 0.471 e. The third kappa shape index (κ3) is 5.58. The summed E-state index contributed by atoms with van der Waals surface area (Å²) in [6, 6.07) is 7.17. The van der Waals surface area contributed by atoms with E-state index in [1.54, 1.807) is 24.3 Å². The van der Waals surface area contributed by atoms with Gasteiger partial charge in [0.2, 0.25) is 11.7 Å². The van der Waals surface area contributed by atoms with Crippen molar-refractivity contribution >= 4 is 5.91 Å². The van der Waals surface area contributed by atoms with Crippen molar-refractivity contribution in [1.82, 2.24) is 15.0 Å². The molecule has 1 aromatic heterocycles. The fourth-order valence-electron chi connectivity index (χ4n) is 2.98. The lowest BCUT2D eigenvalue weighted by atomic mass is 9.85.